The number of carbonyl (C=O) groups is 1. The van der Waals surface area contributed by atoms with Crippen molar-refractivity contribution < 1.29 is 27.1 Å². The summed E-state index contributed by atoms with van der Waals surface area (Å²) in [4.78, 5) is 11.1. The predicted molar refractivity (Wildman–Crippen MR) is 92.0 cm³/mol. The standard InChI is InChI=1S/C15H21FN2O5S.ClH/c1-22-10-15(6-3-7-17-15)9-18-24(20,21)11-4-5-12(13(16)8-11)14(19)23-2;/h4-5,8,17-18H,3,6-7,9-10H2,1-2H3;1H. The van der Waals surface area contributed by atoms with E-state index in [9.17, 15) is 17.6 Å². The number of hydrogen-bond acceptors (Lipinski definition) is 6. The van der Waals surface area contributed by atoms with Gasteiger partial charge in [0, 0.05) is 13.7 Å². The number of hydrogen-bond donors (Lipinski definition) is 2. The number of methoxy groups -OCH3 is 2. The average molecular weight is 397 g/mol. The Morgan fingerprint density at radius 1 is 1.40 bits per heavy atom. The second-order valence-electron chi connectivity index (χ2n) is 5.70. The van der Waals surface area contributed by atoms with Gasteiger partial charge in [0.2, 0.25) is 10.0 Å². The zero-order chi connectivity index (χ0) is 17.8. The van der Waals surface area contributed by atoms with Gasteiger partial charge in [-0.15, -0.1) is 12.4 Å². The molecule has 0 saturated carbocycles. The Labute approximate surface area is 152 Å². The van der Waals surface area contributed by atoms with Gasteiger partial charge in [-0.2, -0.15) is 0 Å². The van der Waals surface area contributed by atoms with Gasteiger partial charge in [0.25, 0.3) is 0 Å². The first-order chi connectivity index (χ1) is 11.3. The highest BCUT2D eigenvalue weighted by Gasteiger charge is 2.35. The highest BCUT2D eigenvalue weighted by molar-refractivity contribution is 7.89. The van der Waals surface area contributed by atoms with Crippen LogP contribution in [0, 0.1) is 5.82 Å². The summed E-state index contributed by atoms with van der Waals surface area (Å²) in [6.45, 7) is 1.28. The number of rotatable bonds is 7. The Morgan fingerprint density at radius 3 is 2.64 bits per heavy atom. The molecule has 1 fully saturated rings. The molecular weight excluding hydrogens is 375 g/mol. The first kappa shape index (κ1) is 21.8. The lowest BCUT2D eigenvalue weighted by molar-refractivity contribution is 0.0595. The molecule has 1 heterocycles. The summed E-state index contributed by atoms with van der Waals surface area (Å²) >= 11 is 0. The van der Waals surface area contributed by atoms with Crippen molar-refractivity contribution in [2.45, 2.75) is 23.3 Å². The van der Waals surface area contributed by atoms with Crippen molar-refractivity contribution in [1.29, 1.82) is 0 Å². The van der Waals surface area contributed by atoms with Gasteiger partial charge in [-0.3, -0.25) is 0 Å². The number of benzene rings is 1. The number of nitrogens with one attached hydrogen (secondary N) is 2. The molecule has 2 N–H and O–H groups in total. The van der Waals surface area contributed by atoms with E-state index < -0.39 is 27.3 Å². The highest BCUT2D eigenvalue weighted by Crippen LogP contribution is 2.21. The van der Waals surface area contributed by atoms with E-state index in [0.717, 1.165) is 38.6 Å². The summed E-state index contributed by atoms with van der Waals surface area (Å²) in [5, 5.41) is 3.25. The second-order valence-corrected chi connectivity index (χ2v) is 7.47. The van der Waals surface area contributed by atoms with Crippen LogP contribution in [0.25, 0.3) is 0 Å². The van der Waals surface area contributed by atoms with Gasteiger partial charge in [-0.1, -0.05) is 0 Å². The molecule has 142 valence electrons. The molecule has 0 bridgehead atoms. The molecule has 25 heavy (non-hydrogen) atoms. The van der Waals surface area contributed by atoms with Crippen LogP contribution in [0.2, 0.25) is 0 Å². The fraction of sp³-hybridized carbons (Fsp3) is 0.533. The molecule has 0 amide bonds. The summed E-state index contributed by atoms with van der Waals surface area (Å²) < 4.78 is 50.8. The van der Waals surface area contributed by atoms with Crippen molar-refractivity contribution in [3.8, 4) is 0 Å². The average Bonchev–Trinajstić information content (AvgIpc) is 3.02. The zero-order valence-corrected chi connectivity index (χ0v) is 15.6. The van der Waals surface area contributed by atoms with Gasteiger partial charge < -0.3 is 14.8 Å². The lowest BCUT2D eigenvalue weighted by atomic mass is 9.99. The van der Waals surface area contributed by atoms with Crippen molar-refractivity contribution in [2.75, 3.05) is 33.9 Å². The first-order valence-corrected chi connectivity index (χ1v) is 8.93. The van der Waals surface area contributed by atoms with E-state index in [-0.39, 0.29) is 29.4 Å². The molecule has 0 radical (unpaired) electrons. The second kappa shape index (κ2) is 8.91. The van der Waals surface area contributed by atoms with Crippen molar-refractivity contribution in [3.05, 3.63) is 29.6 Å². The quantitative estimate of drug-likeness (QED) is 0.670. The molecule has 7 nitrogen and oxygen atoms in total. The molecule has 1 saturated heterocycles. The predicted octanol–water partition coefficient (Wildman–Crippen LogP) is 1.08. The molecule has 0 aliphatic carbocycles. The molecule has 1 aromatic carbocycles. The van der Waals surface area contributed by atoms with Crippen LogP contribution in [0.5, 0.6) is 0 Å². The van der Waals surface area contributed by atoms with Gasteiger partial charge in [0.05, 0.1) is 29.7 Å². The minimum absolute atomic E-state index is 0. The van der Waals surface area contributed by atoms with E-state index in [0.29, 0.717) is 6.61 Å². The van der Waals surface area contributed by atoms with Crippen LogP contribution in [-0.4, -0.2) is 53.8 Å². The minimum atomic E-state index is -3.91. The Morgan fingerprint density at radius 2 is 2.12 bits per heavy atom. The van der Waals surface area contributed by atoms with Crippen molar-refractivity contribution in [2.24, 2.45) is 0 Å². The van der Waals surface area contributed by atoms with E-state index in [2.05, 4.69) is 14.8 Å². The Balaban J connectivity index is 0.00000312. The largest absolute Gasteiger partial charge is 0.465 e. The van der Waals surface area contributed by atoms with Gasteiger partial charge in [0.1, 0.15) is 5.82 Å². The Hall–Kier alpha value is -1.26. The third kappa shape index (κ3) is 5.11. The maximum atomic E-state index is 13.9. The molecule has 1 atom stereocenters. The number of sulfonamides is 1. The number of halogens is 2. The van der Waals surface area contributed by atoms with Crippen LogP contribution < -0.4 is 10.0 Å². The summed E-state index contributed by atoms with van der Waals surface area (Å²) in [6, 6.07) is 3.07. The van der Waals surface area contributed by atoms with Crippen LogP contribution in [-0.2, 0) is 19.5 Å². The SMILES string of the molecule is COCC1(CNS(=O)(=O)c2ccc(C(=O)OC)c(F)c2)CCCN1.Cl. The molecule has 0 spiro atoms. The van der Waals surface area contributed by atoms with Crippen LogP contribution in [0.15, 0.2) is 23.1 Å². The van der Waals surface area contributed by atoms with E-state index in [1.807, 2.05) is 0 Å². The summed E-state index contributed by atoms with van der Waals surface area (Å²) in [7, 11) is -1.24. The van der Waals surface area contributed by atoms with Crippen molar-refractivity contribution in [3.63, 3.8) is 0 Å². The molecule has 1 aliphatic heterocycles. The fourth-order valence-corrected chi connectivity index (χ4v) is 3.86. The van der Waals surface area contributed by atoms with Gasteiger partial charge in [-0.25, -0.2) is 22.3 Å². The van der Waals surface area contributed by atoms with E-state index >= 15 is 0 Å². The molecular formula is C15H22ClFN2O5S. The molecule has 2 rings (SSSR count). The van der Waals surface area contributed by atoms with Crippen molar-refractivity contribution >= 4 is 28.4 Å². The summed E-state index contributed by atoms with van der Waals surface area (Å²) in [5.74, 6) is -1.81. The van der Waals surface area contributed by atoms with Crippen LogP contribution in [0.4, 0.5) is 4.39 Å². The van der Waals surface area contributed by atoms with Crippen LogP contribution in [0.3, 0.4) is 0 Å². The normalized spacial score (nSPS) is 20.1. The lowest BCUT2D eigenvalue weighted by Crippen LogP contribution is -2.52. The van der Waals surface area contributed by atoms with Crippen LogP contribution in [0.1, 0.15) is 23.2 Å². The fourth-order valence-electron chi connectivity index (χ4n) is 2.73. The highest BCUT2D eigenvalue weighted by atomic mass is 35.5. The Bertz CT molecular complexity index is 708. The molecule has 1 aliphatic rings. The third-order valence-electron chi connectivity index (χ3n) is 4.01. The number of ether oxygens (including phenoxy) is 2. The molecule has 0 aromatic heterocycles. The molecule has 10 heteroatoms. The number of carbonyl (C=O) groups excluding carboxylic acids is 1. The summed E-state index contributed by atoms with van der Waals surface area (Å²) in [5.41, 5.74) is -0.781. The monoisotopic (exact) mass is 396 g/mol. The summed E-state index contributed by atoms with van der Waals surface area (Å²) in [6.07, 6.45) is 1.70. The van der Waals surface area contributed by atoms with Gasteiger partial charge >= 0.3 is 5.97 Å². The third-order valence-corrected chi connectivity index (χ3v) is 5.41. The first-order valence-electron chi connectivity index (χ1n) is 7.45. The maximum Gasteiger partial charge on any atom is 0.340 e. The van der Waals surface area contributed by atoms with E-state index in [1.165, 1.54) is 6.07 Å². The lowest BCUT2D eigenvalue weighted by Gasteiger charge is -2.28. The zero-order valence-electron chi connectivity index (χ0n) is 14.0. The van der Waals surface area contributed by atoms with E-state index in [4.69, 9.17) is 4.74 Å². The van der Waals surface area contributed by atoms with Gasteiger partial charge in [0.15, 0.2) is 0 Å². The van der Waals surface area contributed by atoms with E-state index in [1.54, 1.807) is 7.11 Å². The maximum absolute atomic E-state index is 13.9. The van der Waals surface area contributed by atoms with Crippen LogP contribution >= 0.6 is 12.4 Å². The molecule has 1 aromatic rings. The smallest absolute Gasteiger partial charge is 0.340 e. The van der Waals surface area contributed by atoms with Crippen molar-refractivity contribution in [1.82, 2.24) is 10.0 Å². The molecule has 1 unspecified atom stereocenters. The topological polar surface area (TPSA) is 93.7 Å². The number of esters is 1. The minimum Gasteiger partial charge on any atom is -0.465 e. The van der Waals surface area contributed by atoms with Gasteiger partial charge in [-0.05, 0) is 37.6 Å². The Kier molecular flexibility index (Phi) is 7.76.